The predicted molar refractivity (Wildman–Crippen MR) is 85.6 cm³/mol. The number of rotatable bonds is 3. The van der Waals surface area contributed by atoms with E-state index in [1.807, 2.05) is 31.2 Å². The van der Waals surface area contributed by atoms with Crippen LogP contribution in [0.4, 0.5) is 10.1 Å². The van der Waals surface area contributed by atoms with Crippen LogP contribution in [0.15, 0.2) is 42.5 Å². The number of halogens is 2. The number of hydrogen-bond donors (Lipinski definition) is 2. The molecule has 2 nitrogen and oxygen atoms in total. The summed E-state index contributed by atoms with van der Waals surface area (Å²) in [5, 5.41) is 7.21. The maximum atomic E-state index is 13.2. The van der Waals surface area contributed by atoms with Crippen molar-refractivity contribution in [1.82, 2.24) is 5.32 Å². The molecule has 0 amide bonds. The zero-order valence-corrected chi connectivity index (χ0v) is 12.5. The fourth-order valence-electron chi connectivity index (χ4n) is 1.68. The van der Waals surface area contributed by atoms with Crippen LogP contribution in [-0.4, -0.2) is 5.11 Å². The zero-order chi connectivity index (χ0) is 14.5. The fraction of sp³-hybridized carbons (Fsp3) is 0.133. The normalized spacial score (nSPS) is 10.2. The van der Waals surface area contributed by atoms with Gasteiger partial charge in [-0.25, -0.2) is 4.39 Å². The maximum Gasteiger partial charge on any atom is 0.171 e. The molecule has 0 heterocycles. The molecule has 2 aromatic rings. The van der Waals surface area contributed by atoms with Crippen LogP contribution in [0.25, 0.3) is 0 Å². The van der Waals surface area contributed by atoms with Crippen molar-refractivity contribution < 1.29 is 4.39 Å². The molecular weight excluding hydrogens is 295 g/mol. The average molecular weight is 309 g/mol. The largest absolute Gasteiger partial charge is 0.358 e. The minimum absolute atomic E-state index is 0.293. The lowest BCUT2D eigenvalue weighted by Gasteiger charge is -2.12. The van der Waals surface area contributed by atoms with Gasteiger partial charge in [0, 0.05) is 17.3 Å². The number of benzene rings is 2. The Bertz CT molecular complexity index is 614. The number of nitrogens with one attached hydrogen (secondary N) is 2. The van der Waals surface area contributed by atoms with Gasteiger partial charge in [0.2, 0.25) is 0 Å². The van der Waals surface area contributed by atoms with Gasteiger partial charge in [0.15, 0.2) is 5.11 Å². The zero-order valence-electron chi connectivity index (χ0n) is 10.9. The number of aryl methyl sites for hydroxylation is 1. The summed E-state index contributed by atoms with van der Waals surface area (Å²) < 4.78 is 13.2. The van der Waals surface area contributed by atoms with Crippen molar-refractivity contribution in [1.29, 1.82) is 0 Å². The summed E-state index contributed by atoms with van der Waals surface area (Å²) in [5.41, 5.74) is 2.66. The molecule has 104 valence electrons. The predicted octanol–water partition coefficient (Wildman–Crippen LogP) is 4.27. The van der Waals surface area contributed by atoms with Crippen molar-refractivity contribution in [3.63, 3.8) is 0 Å². The second-order valence-corrected chi connectivity index (χ2v) is 5.24. The van der Waals surface area contributed by atoms with Crippen molar-refractivity contribution in [2.75, 3.05) is 5.32 Å². The van der Waals surface area contributed by atoms with Gasteiger partial charge in [0.1, 0.15) is 5.82 Å². The molecule has 0 aliphatic heterocycles. The summed E-state index contributed by atoms with van der Waals surface area (Å²) in [7, 11) is 0. The number of thiocarbonyl (C=S) groups is 1. The van der Waals surface area contributed by atoms with Gasteiger partial charge in [0.25, 0.3) is 0 Å². The van der Waals surface area contributed by atoms with Crippen LogP contribution in [0.2, 0.25) is 5.02 Å². The Morgan fingerprint density at radius 3 is 2.60 bits per heavy atom. The molecule has 0 radical (unpaired) electrons. The van der Waals surface area contributed by atoms with Crippen LogP contribution < -0.4 is 10.6 Å². The Morgan fingerprint density at radius 1 is 1.20 bits per heavy atom. The molecule has 0 aliphatic rings. The van der Waals surface area contributed by atoms with Crippen molar-refractivity contribution in [2.45, 2.75) is 13.5 Å². The molecule has 5 heteroatoms. The molecule has 0 saturated heterocycles. The molecule has 2 aromatic carbocycles. The molecule has 20 heavy (non-hydrogen) atoms. The third-order valence-corrected chi connectivity index (χ3v) is 3.31. The average Bonchev–Trinajstić information content (AvgIpc) is 2.42. The molecule has 0 atom stereocenters. The smallest absolute Gasteiger partial charge is 0.171 e. The first-order valence-corrected chi connectivity index (χ1v) is 6.88. The van der Waals surface area contributed by atoms with E-state index in [2.05, 4.69) is 10.6 Å². The lowest BCUT2D eigenvalue weighted by atomic mass is 10.2. The minimum Gasteiger partial charge on any atom is -0.358 e. The summed E-state index contributed by atoms with van der Waals surface area (Å²) in [4.78, 5) is 0. The fourth-order valence-corrected chi connectivity index (χ4v) is 1.99. The van der Waals surface area contributed by atoms with E-state index < -0.39 is 0 Å². The van der Waals surface area contributed by atoms with E-state index in [0.717, 1.165) is 11.1 Å². The molecule has 2 rings (SSSR count). The van der Waals surface area contributed by atoms with Gasteiger partial charge >= 0.3 is 0 Å². The first kappa shape index (κ1) is 14.8. The number of hydrogen-bond acceptors (Lipinski definition) is 1. The van der Waals surface area contributed by atoms with Crippen LogP contribution in [0.1, 0.15) is 11.1 Å². The standard InChI is InChI=1S/C15H14ClFN2S/c1-10-2-7-13(17)8-14(10)19-15(20)18-9-11-3-5-12(16)6-4-11/h2-8H,9H2,1H3,(H2,18,19,20). The van der Waals surface area contributed by atoms with Crippen molar-refractivity contribution in [3.05, 3.63) is 64.4 Å². The van der Waals surface area contributed by atoms with Crippen LogP contribution >= 0.6 is 23.8 Å². The molecule has 0 unspecified atom stereocenters. The second-order valence-electron chi connectivity index (χ2n) is 4.39. The van der Waals surface area contributed by atoms with Gasteiger partial charge in [-0.15, -0.1) is 0 Å². The van der Waals surface area contributed by atoms with E-state index in [-0.39, 0.29) is 5.82 Å². The van der Waals surface area contributed by atoms with Crippen LogP contribution in [-0.2, 0) is 6.54 Å². The van der Waals surface area contributed by atoms with Crippen molar-refractivity contribution in [3.8, 4) is 0 Å². The summed E-state index contributed by atoms with van der Waals surface area (Å²) in [6, 6.07) is 12.0. The summed E-state index contributed by atoms with van der Waals surface area (Å²) >= 11 is 11.0. The highest BCUT2D eigenvalue weighted by molar-refractivity contribution is 7.80. The molecular formula is C15H14ClFN2S. The second kappa shape index (κ2) is 6.68. The van der Waals surface area contributed by atoms with E-state index in [1.165, 1.54) is 12.1 Å². The third-order valence-electron chi connectivity index (χ3n) is 2.81. The van der Waals surface area contributed by atoms with Gasteiger partial charge in [-0.3, -0.25) is 0 Å². The summed E-state index contributed by atoms with van der Waals surface area (Å²) in [6.07, 6.45) is 0. The highest BCUT2D eigenvalue weighted by Crippen LogP contribution is 2.16. The maximum absolute atomic E-state index is 13.2. The van der Waals surface area contributed by atoms with Crippen LogP contribution in [0.5, 0.6) is 0 Å². The van der Waals surface area contributed by atoms with E-state index >= 15 is 0 Å². The molecule has 0 fully saturated rings. The van der Waals surface area contributed by atoms with E-state index in [0.29, 0.717) is 22.4 Å². The monoisotopic (exact) mass is 308 g/mol. The topological polar surface area (TPSA) is 24.1 Å². The molecule has 0 aromatic heterocycles. The molecule has 0 bridgehead atoms. The lowest BCUT2D eigenvalue weighted by Crippen LogP contribution is -2.28. The first-order valence-electron chi connectivity index (χ1n) is 6.10. The van der Waals surface area contributed by atoms with E-state index in [9.17, 15) is 4.39 Å². The Hall–Kier alpha value is -1.65. The highest BCUT2D eigenvalue weighted by Gasteiger charge is 2.03. The van der Waals surface area contributed by atoms with Gasteiger partial charge < -0.3 is 10.6 Å². The van der Waals surface area contributed by atoms with Gasteiger partial charge in [0.05, 0.1) is 0 Å². The van der Waals surface area contributed by atoms with Crippen molar-refractivity contribution >= 4 is 34.6 Å². The first-order chi connectivity index (χ1) is 9.54. The molecule has 0 spiro atoms. The van der Waals surface area contributed by atoms with Crippen molar-refractivity contribution in [2.24, 2.45) is 0 Å². The molecule has 0 saturated carbocycles. The Labute approximate surface area is 128 Å². The SMILES string of the molecule is Cc1ccc(F)cc1NC(=S)NCc1ccc(Cl)cc1. The quantitative estimate of drug-likeness (QED) is 0.828. The highest BCUT2D eigenvalue weighted by atomic mass is 35.5. The Balaban J connectivity index is 1.92. The van der Waals surface area contributed by atoms with E-state index in [1.54, 1.807) is 6.07 Å². The van der Waals surface area contributed by atoms with Gasteiger partial charge in [-0.05, 0) is 54.5 Å². The summed E-state index contributed by atoms with van der Waals surface area (Å²) in [6.45, 7) is 2.47. The van der Waals surface area contributed by atoms with Gasteiger partial charge in [-0.1, -0.05) is 29.8 Å². The lowest BCUT2D eigenvalue weighted by molar-refractivity contribution is 0.628. The van der Waals surface area contributed by atoms with Gasteiger partial charge in [-0.2, -0.15) is 0 Å². The number of anilines is 1. The van der Waals surface area contributed by atoms with Crippen LogP contribution in [0.3, 0.4) is 0 Å². The molecule has 0 aliphatic carbocycles. The Morgan fingerprint density at radius 2 is 1.90 bits per heavy atom. The van der Waals surface area contributed by atoms with E-state index in [4.69, 9.17) is 23.8 Å². The minimum atomic E-state index is -0.293. The van der Waals surface area contributed by atoms with Crippen LogP contribution in [0, 0.1) is 12.7 Å². The summed E-state index contributed by atoms with van der Waals surface area (Å²) in [5.74, 6) is -0.293. The molecule has 2 N–H and O–H groups in total. The Kier molecular flexibility index (Phi) is 4.93. The third kappa shape index (κ3) is 4.18.